The fraction of sp³-hybridized carbons (Fsp3) is 0.368. The van der Waals surface area contributed by atoms with Gasteiger partial charge in [0.25, 0.3) is 5.56 Å². The molecule has 2 heterocycles. The van der Waals surface area contributed by atoms with Gasteiger partial charge in [0, 0.05) is 19.7 Å². The second kappa shape index (κ2) is 7.96. The van der Waals surface area contributed by atoms with Gasteiger partial charge in [0.2, 0.25) is 0 Å². The van der Waals surface area contributed by atoms with Crippen LogP contribution in [0.3, 0.4) is 0 Å². The largest absolute Gasteiger partial charge is 0.497 e. The topological polar surface area (TPSA) is 79.0 Å². The van der Waals surface area contributed by atoms with Gasteiger partial charge in [-0.25, -0.2) is 14.8 Å². The standard InChI is InChI=1S/C19H22N4O3S/c1-5-6-10-27-17-14-16(22(2)19(25)23(3)18(14)24)20-15(21-17)12-8-7-9-13(11-12)26-4/h7-9,11H,5-6,10H2,1-4H3. The Morgan fingerprint density at radius 1 is 1.15 bits per heavy atom. The zero-order valence-electron chi connectivity index (χ0n) is 15.9. The minimum absolute atomic E-state index is 0.343. The molecule has 142 valence electrons. The van der Waals surface area contributed by atoms with Crippen LogP contribution in [0.4, 0.5) is 0 Å². The lowest BCUT2D eigenvalue weighted by atomic mass is 10.2. The molecule has 0 aliphatic rings. The van der Waals surface area contributed by atoms with Crippen LogP contribution in [0, 0.1) is 0 Å². The minimum atomic E-state index is -0.410. The van der Waals surface area contributed by atoms with Gasteiger partial charge in [0.05, 0.1) is 7.11 Å². The summed E-state index contributed by atoms with van der Waals surface area (Å²) >= 11 is 1.52. The van der Waals surface area contributed by atoms with Crippen molar-refractivity contribution in [3.05, 3.63) is 45.1 Å². The third-order valence-electron chi connectivity index (χ3n) is 4.33. The van der Waals surface area contributed by atoms with Crippen molar-refractivity contribution >= 4 is 22.8 Å². The SMILES string of the molecule is CCCCSc1nc(-c2cccc(OC)c2)nc2c1c(=O)n(C)c(=O)n2C. The van der Waals surface area contributed by atoms with Crippen molar-refractivity contribution in [2.75, 3.05) is 12.9 Å². The van der Waals surface area contributed by atoms with Crippen molar-refractivity contribution < 1.29 is 4.74 Å². The summed E-state index contributed by atoms with van der Waals surface area (Å²) in [6.07, 6.45) is 2.06. The van der Waals surface area contributed by atoms with Crippen molar-refractivity contribution in [1.82, 2.24) is 19.1 Å². The van der Waals surface area contributed by atoms with Crippen LogP contribution in [0.2, 0.25) is 0 Å². The van der Waals surface area contributed by atoms with Crippen LogP contribution in [-0.4, -0.2) is 32.0 Å². The van der Waals surface area contributed by atoms with Crippen molar-refractivity contribution in [2.45, 2.75) is 24.8 Å². The average molecular weight is 386 g/mol. The van der Waals surface area contributed by atoms with E-state index in [-0.39, 0.29) is 5.56 Å². The van der Waals surface area contributed by atoms with Gasteiger partial charge in [-0.15, -0.1) is 11.8 Å². The van der Waals surface area contributed by atoms with Crippen LogP contribution < -0.4 is 16.0 Å². The lowest BCUT2D eigenvalue weighted by Gasteiger charge is -2.12. The quantitative estimate of drug-likeness (QED) is 0.368. The van der Waals surface area contributed by atoms with Gasteiger partial charge in [-0.1, -0.05) is 25.5 Å². The highest BCUT2D eigenvalue weighted by Crippen LogP contribution is 2.28. The maximum Gasteiger partial charge on any atom is 0.332 e. The monoisotopic (exact) mass is 386 g/mol. The Morgan fingerprint density at radius 3 is 2.63 bits per heavy atom. The van der Waals surface area contributed by atoms with Crippen LogP contribution >= 0.6 is 11.8 Å². The molecule has 0 N–H and O–H groups in total. The number of aryl methyl sites for hydroxylation is 1. The van der Waals surface area contributed by atoms with Crippen molar-refractivity contribution in [3.8, 4) is 17.1 Å². The van der Waals surface area contributed by atoms with Gasteiger partial charge in [-0.05, 0) is 24.3 Å². The third-order valence-corrected chi connectivity index (χ3v) is 5.39. The number of fused-ring (bicyclic) bond motifs is 1. The number of nitrogens with zero attached hydrogens (tertiary/aromatic N) is 4. The molecular weight excluding hydrogens is 364 g/mol. The smallest absolute Gasteiger partial charge is 0.332 e. The fourth-order valence-corrected chi connectivity index (χ4v) is 3.84. The van der Waals surface area contributed by atoms with E-state index in [1.807, 2.05) is 24.3 Å². The van der Waals surface area contributed by atoms with E-state index >= 15 is 0 Å². The Bertz CT molecular complexity index is 1100. The number of methoxy groups -OCH3 is 1. The first kappa shape index (κ1) is 19.2. The maximum absolute atomic E-state index is 12.7. The molecule has 0 unspecified atom stereocenters. The Morgan fingerprint density at radius 2 is 1.93 bits per heavy atom. The number of ether oxygens (including phenoxy) is 1. The predicted octanol–water partition coefficient (Wildman–Crippen LogP) is 2.60. The summed E-state index contributed by atoms with van der Waals surface area (Å²) in [5.74, 6) is 1.99. The molecule has 0 saturated carbocycles. The number of aromatic nitrogens is 4. The highest BCUT2D eigenvalue weighted by Gasteiger charge is 2.18. The molecule has 0 saturated heterocycles. The molecule has 0 aliphatic carbocycles. The van der Waals surface area contributed by atoms with E-state index in [1.165, 1.54) is 23.4 Å². The van der Waals surface area contributed by atoms with Gasteiger partial charge < -0.3 is 4.74 Å². The Kier molecular flexibility index (Phi) is 5.65. The van der Waals surface area contributed by atoms with E-state index in [1.54, 1.807) is 14.2 Å². The minimum Gasteiger partial charge on any atom is -0.497 e. The highest BCUT2D eigenvalue weighted by atomic mass is 32.2. The van der Waals surface area contributed by atoms with Crippen LogP contribution in [0.15, 0.2) is 38.9 Å². The van der Waals surface area contributed by atoms with Crippen molar-refractivity contribution in [1.29, 1.82) is 0 Å². The second-order valence-corrected chi connectivity index (χ2v) is 7.27. The van der Waals surface area contributed by atoms with Crippen LogP contribution in [-0.2, 0) is 14.1 Å². The van der Waals surface area contributed by atoms with E-state index in [2.05, 4.69) is 16.9 Å². The van der Waals surface area contributed by atoms with Gasteiger partial charge >= 0.3 is 5.69 Å². The van der Waals surface area contributed by atoms with Gasteiger partial charge in [-0.2, -0.15) is 0 Å². The number of unbranched alkanes of at least 4 members (excludes halogenated alkanes) is 1. The Balaban J connectivity index is 2.30. The molecule has 3 rings (SSSR count). The van der Waals surface area contributed by atoms with Crippen molar-refractivity contribution in [3.63, 3.8) is 0 Å². The lowest BCUT2D eigenvalue weighted by Crippen LogP contribution is -2.37. The van der Waals surface area contributed by atoms with Gasteiger partial charge in [0.15, 0.2) is 11.5 Å². The summed E-state index contributed by atoms with van der Waals surface area (Å²) in [7, 11) is 4.69. The van der Waals surface area contributed by atoms with E-state index < -0.39 is 5.69 Å². The second-order valence-electron chi connectivity index (χ2n) is 6.19. The zero-order chi connectivity index (χ0) is 19.6. The first-order valence-electron chi connectivity index (χ1n) is 8.73. The third kappa shape index (κ3) is 3.62. The van der Waals surface area contributed by atoms with Gasteiger partial charge in [0.1, 0.15) is 16.2 Å². The number of benzene rings is 1. The predicted molar refractivity (Wildman–Crippen MR) is 108 cm³/mol. The van der Waals surface area contributed by atoms with E-state index in [4.69, 9.17) is 4.74 Å². The summed E-state index contributed by atoms with van der Waals surface area (Å²) in [5.41, 5.74) is 0.327. The molecule has 0 amide bonds. The lowest BCUT2D eigenvalue weighted by molar-refractivity contribution is 0.415. The number of rotatable bonds is 6. The van der Waals surface area contributed by atoms with E-state index in [0.717, 1.165) is 28.7 Å². The average Bonchev–Trinajstić information content (AvgIpc) is 2.70. The fourth-order valence-electron chi connectivity index (χ4n) is 2.74. The molecule has 0 aliphatic heterocycles. The molecule has 0 atom stereocenters. The molecule has 7 nitrogen and oxygen atoms in total. The van der Waals surface area contributed by atoms with Crippen LogP contribution in [0.1, 0.15) is 19.8 Å². The van der Waals surface area contributed by atoms with E-state index in [9.17, 15) is 9.59 Å². The number of thioether (sulfide) groups is 1. The molecule has 1 aromatic carbocycles. The van der Waals surface area contributed by atoms with Crippen LogP contribution in [0.25, 0.3) is 22.4 Å². The molecular formula is C19H22N4O3S. The molecule has 0 spiro atoms. The van der Waals surface area contributed by atoms with Crippen molar-refractivity contribution in [2.24, 2.45) is 14.1 Å². The molecule has 8 heteroatoms. The summed E-state index contributed by atoms with van der Waals surface area (Å²) < 4.78 is 7.77. The molecule has 3 aromatic rings. The van der Waals surface area contributed by atoms with E-state index in [0.29, 0.717) is 27.6 Å². The molecule has 0 bridgehead atoms. The zero-order valence-corrected chi connectivity index (χ0v) is 16.7. The van der Waals surface area contributed by atoms with Crippen LogP contribution in [0.5, 0.6) is 5.75 Å². The summed E-state index contributed by atoms with van der Waals surface area (Å²) in [4.78, 5) is 34.3. The van der Waals surface area contributed by atoms with Gasteiger partial charge in [-0.3, -0.25) is 13.9 Å². The summed E-state index contributed by atoms with van der Waals surface area (Å²) in [6, 6.07) is 7.41. The Hall–Kier alpha value is -2.61. The molecule has 0 fully saturated rings. The summed E-state index contributed by atoms with van der Waals surface area (Å²) in [5, 5.41) is 0.981. The highest BCUT2D eigenvalue weighted by molar-refractivity contribution is 7.99. The normalized spacial score (nSPS) is 11.1. The first-order valence-corrected chi connectivity index (χ1v) is 9.71. The molecule has 0 radical (unpaired) electrons. The maximum atomic E-state index is 12.7. The number of hydrogen-bond acceptors (Lipinski definition) is 6. The first-order chi connectivity index (χ1) is 13.0. The molecule has 27 heavy (non-hydrogen) atoms. The summed E-state index contributed by atoms with van der Waals surface area (Å²) in [6.45, 7) is 2.11. The molecule has 2 aromatic heterocycles. The Labute approximate surface area is 161 Å². The number of hydrogen-bond donors (Lipinski definition) is 0.